The van der Waals surface area contributed by atoms with E-state index < -0.39 is 41.2 Å². The van der Waals surface area contributed by atoms with Crippen molar-refractivity contribution in [1.82, 2.24) is 0 Å². The van der Waals surface area contributed by atoms with Crippen LogP contribution < -0.4 is 23.8 Å². The van der Waals surface area contributed by atoms with Gasteiger partial charge >= 0.3 is 6.36 Å². The van der Waals surface area contributed by atoms with Crippen LogP contribution in [0.2, 0.25) is 10.0 Å². The predicted molar refractivity (Wildman–Crippen MR) is 140 cm³/mol. The van der Waals surface area contributed by atoms with E-state index in [9.17, 15) is 27.9 Å². The summed E-state index contributed by atoms with van der Waals surface area (Å²) in [4.78, 5) is 27.8. The predicted octanol–water partition coefficient (Wildman–Crippen LogP) is 6.54. The van der Waals surface area contributed by atoms with Crippen molar-refractivity contribution in [1.29, 1.82) is 0 Å². The van der Waals surface area contributed by atoms with Crippen molar-refractivity contribution in [2.75, 3.05) is 26.2 Å². The van der Waals surface area contributed by atoms with Gasteiger partial charge in [0.25, 0.3) is 11.7 Å². The normalized spacial score (nSPS) is 16.7. The van der Waals surface area contributed by atoms with Crippen LogP contribution >= 0.6 is 23.2 Å². The molecule has 0 spiro atoms. The first kappa shape index (κ1) is 28.9. The summed E-state index contributed by atoms with van der Waals surface area (Å²) in [6.07, 6.45) is -5.00. The molecule has 0 radical (unpaired) electrons. The van der Waals surface area contributed by atoms with Crippen LogP contribution in [0.5, 0.6) is 23.0 Å². The first-order chi connectivity index (χ1) is 18.9. The van der Waals surface area contributed by atoms with Crippen LogP contribution in [-0.4, -0.2) is 44.5 Å². The van der Waals surface area contributed by atoms with Gasteiger partial charge in [0.1, 0.15) is 22.3 Å². The lowest BCUT2D eigenvalue weighted by Crippen LogP contribution is -2.29. The molecule has 210 valence electrons. The van der Waals surface area contributed by atoms with Gasteiger partial charge in [-0.1, -0.05) is 41.4 Å². The summed E-state index contributed by atoms with van der Waals surface area (Å²) in [6.45, 7) is 0. The fourth-order valence-electron chi connectivity index (χ4n) is 4.35. The zero-order valence-corrected chi connectivity index (χ0v) is 22.5. The lowest BCUT2D eigenvalue weighted by atomic mass is 9.94. The van der Waals surface area contributed by atoms with Gasteiger partial charge in [-0.05, 0) is 35.9 Å². The number of hydrogen-bond donors (Lipinski definition) is 1. The summed E-state index contributed by atoms with van der Waals surface area (Å²) >= 11 is 12.7. The average molecular weight is 598 g/mol. The van der Waals surface area contributed by atoms with Crippen molar-refractivity contribution >= 4 is 46.3 Å². The molecule has 13 heteroatoms. The Morgan fingerprint density at radius 1 is 0.900 bits per heavy atom. The number of rotatable bonds is 7. The smallest absolute Gasteiger partial charge is 0.507 e. The van der Waals surface area contributed by atoms with Crippen LogP contribution in [0.1, 0.15) is 17.2 Å². The largest absolute Gasteiger partial charge is 0.573 e. The molecular weight excluding hydrogens is 578 g/mol. The van der Waals surface area contributed by atoms with Gasteiger partial charge in [-0.3, -0.25) is 14.5 Å². The van der Waals surface area contributed by atoms with Gasteiger partial charge in [0.05, 0.1) is 43.5 Å². The van der Waals surface area contributed by atoms with Crippen LogP contribution in [0.4, 0.5) is 18.9 Å². The molecule has 3 aromatic carbocycles. The number of carbonyl (C=O) groups excluding carboxylic acids is 2. The molecular formula is C27H20Cl2F3NO7. The van der Waals surface area contributed by atoms with Gasteiger partial charge in [-0.15, -0.1) is 13.2 Å². The minimum Gasteiger partial charge on any atom is -0.507 e. The number of alkyl halides is 3. The fraction of sp³-hybridized carbons (Fsp3) is 0.185. The summed E-state index contributed by atoms with van der Waals surface area (Å²) < 4.78 is 58.5. The summed E-state index contributed by atoms with van der Waals surface area (Å²) in [5.74, 6) is -3.27. The minimum atomic E-state index is -5.00. The Hall–Kier alpha value is -4.09. The maximum Gasteiger partial charge on any atom is 0.573 e. The Morgan fingerprint density at radius 2 is 1.55 bits per heavy atom. The number of hydrogen-bond acceptors (Lipinski definition) is 7. The van der Waals surface area contributed by atoms with E-state index in [2.05, 4.69) is 4.74 Å². The van der Waals surface area contributed by atoms with Crippen molar-refractivity contribution in [3.8, 4) is 23.0 Å². The highest BCUT2D eigenvalue weighted by molar-refractivity contribution is 6.52. The molecule has 3 aromatic rings. The average Bonchev–Trinajstić information content (AvgIpc) is 3.17. The molecule has 1 heterocycles. The Bertz CT molecular complexity index is 1520. The van der Waals surface area contributed by atoms with E-state index in [-0.39, 0.29) is 32.8 Å². The monoisotopic (exact) mass is 597 g/mol. The van der Waals surface area contributed by atoms with Crippen molar-refractivity contribution in [3.63, 3.8) is 0 Å². The molecule has 8 nitrogen and oxygen atoms in total. The van der Waals surface area contributed by atoms with Crippen LogP contribution in [0, 0.1) is 0 Å². The van der Waals surface area contributed by atoms with E-state index in [0.717, 1.165) is 17.0 Å². The Kier molecular flexibility index (Phi) is 8.08. The lowest BCUT2D eigenvalue weighted by Gasteiger charge is -2.26. The van der Waals surface area contributed by atoms with Gasteiger partial charge in [0.15, 0.2) is 11.5 Å². The quantitative estimate of drug-likeness (QED) is 0.188. The summed E-state index contributed by atoms with van der Waals surface area (Å²) in [6, 6.07) is 10.7. The molecule has 1 aliphatic heterocycles. The molecule has 1 N–H and O–H groups in total. The van der Waals surface area contributed by atoms with Crippen LogP contribution in [0.25, 0.3) is 5.76 Å². The van der Waals surface area contributed by atoms with Crippen molar-refractivity contribution < 1.29 is 46.8 Å². The molecule has 0 saturated carbocycles. The van der Waals surface area contributed by atoms with Crippen molar-refractivity contribution in [3.05, 3.63) is 81.3 Å². The first-order valence-electron chi connectivity index (χ1n) is 11.3. The molecule has 1 fully saturated rings. The van der Waals surface area contributed by atoms with E-state index >= 15 is 0 Å². The van der Waals surface area contributed by atoms with Crippen LogP contribution in [0.3, 0.4) is 0 Å². The fourth-order valence-corrected chi connectivity index (χ4v) is 5.03. The third kappa shape index (κ3) is 5.34. The van der Waals surface area contributed by atoms with Crippen molar-refractivity contribution in [2.45, 2.75) is 12.4 Å². The third-order valence-corrected chi connectivity index (χ3v) is 6.60. The van der Waals surface area contributed by atoms with Crippen LogP contribution in [0.15, 0.2) is 60.2 Å². The second kappa shape index (κ2) is 11.2. The number of ketones is 1. The number of ether oxygens (including phenoxy) is 4. The number of Topliss-reactive ketones (excluding diaryl/α,β-unsaturated/α-hetero) is 1. The molecule has 1 amide bonds. The number of anilines is 1. The van der Waals surface area contributed by atoms with Gasteiger partial charge in [0.2, 0.25) is 0 Å². The number of amides is 1. The molecule has 40 heavy (non-hydrogen) atoms. The summed E-state index contributed by atoms with van der Waals surface area (Å²) in [7, 11) is 3.98. The SMILES string of the molecule is COc1cccc(C2/C(=C(\O)c3cc(Cl)c(OC)c(Cl)c3OC)C(=O)C(=O)N2c2cccc(OC(F)(F)F)c2)c1. The summed E-state index contributed by atoms with van der Waals surface area (Å²) in [5.41, 5.74) is -0.338. The zero-order valence-electron chi connectivity index (χ0n) is 21.0. The molecule has 1 unspecified atom stereocenters. The highest BCUT2D eigenvalue weighted by atomic mass is 35.5. The van der Waals surface area contributed by atoms with Crippen molar-refractivity contribution in [2.24, 2.45) is 0 Å². The number of nitrogens with zero attached hydrogens (tertiary/aromatic N) is 1. The Balaban J connectivity index is 2.00. The maximum atomic E-state index is 13.5. The first-order valence-corrected chi connectivity index (χ1v) is 12.1. The molecule has 1 saturated heterocycles. The number of aliphatic hydroxyl groups is 1. The molecule has 0 aromatic heterocycles. The molecule has 1 atom stereocenters. The van der Waals surface area contributed by atoms with Gasteiger partial charge < -0.3 is 24.1 Å². The van der Waals surface area contributed by atoms with Crippen LogP contribution in [-0.2, 0) is 9.59 Å². The number of methoxy groups -OCH3 is 3. The number of benzene rings is 3. The summed E-state index contributed by atoms with van der Waals surface area (Å²) in [5, 5.41) is 11.4. The number of carbonyl (C=O) groups is 2. The Morgan fingerprint density at radius 3 is 2.17 bits per heavy atom. The molecule has 0 bridgehead atoms. The molecule has 4 rings (SSSR count). The third-order valence-electron chi connectivity index (χ3n) is 5.98. The number of halogens is 5. The molecule has 1 aliphatic rings. The Labute approximate surface area is 236 Å². The van der Waals surface area contributed by atoms with E-state index in [4.69, 9.17) is 37.4 Å². The van der Waals surface area contributed by atoms with Gasteiger partial charge in [-0.2, -0.15) is 0 Å². The maximum absolute atomic E-state index is 13.5. The zero-order chi connectivity index (χ0) is 29.4. The van der Waals surface area contributed by atoms with E-state index in [0.29, 0.717) is 11.3 Å². The highest BCUT2D eigenvalue weighted by Gasteiger charge is 2.47. The second-order valence-electron chi connectivity index (χ2n) is 8.28. The van der Waals surface area contributed by atoms with Gasteiger partial charge in [-0.25, -0.2) is 0 Å². The second-order valence-corrected chi connectivity index (χ2v) is 9.06. The highest BCUT2D eigenvalue weighted by Crippen LogP contribution is 2.48. The van der Waals surface area contributed by atoms with E-state index in [1.54, 1.807) is 18.2 Å². The minimum absolute atomic E-state index is 0.0287. The van der Waals surface area contributed by atoms with E-state index in [1.165, 1.54) is 45.6 Å². The lowest BCUT2D eigenvalue weighted by molar-refractivity contribution is -0.274. The molecule has 0 aliphatic carbocycles. The standard InChI is InChI=1S/C27H20Cl2F3NO7/c1-37-15-8-4-6-13(10-15)21-19(22(34)17-12-18(28)25(39-3)20(29)24(17)38-2)23(35)26(36)33(21)14-7-5-9-16(11-14)40-27(30,31)32/h4-12,21,34H,1-3H3/b22-19+. The number of aliphatic hydroxyl groups excluding tert-OH is 1. The topological polar surface area (TPSA) is 94.5 Å². The van der Waals surface area contributed by atoms with Gasteiger partial charge in [0, 0.05) is 11.8 Å². The van der Waals surface area contributed by atoms with E-state index in [1.807, 2.05) is 0 Å².